The lowest BCUT2D eigenvalue weighted by molar-refractivity contribution is -0.123. The molecule has 142 valence electrons. The van der Waals surface area contributed by atoms with Crippen LogP contribution in [-0.4, -0.2) is 17.8 Å². The zero-order valence-corrected chi connectivity index (χ0v) is 16.6. The highest BCUT2D eigenvalue weighted by Gasteiger charge is 2.61. The zero-order chi connectivity index (χ0) is 19.4. The molecular formula is C22H18BrNO4. The van der Waals surface area contributed by atoms with Crippen molar-refractivity contribution in [3.63, 3.8) is 0 Å². The number of fused-ring (bicyclic) bond motifs is 5. The Balaban J connectivity index is 1.33. The van der Waals surface area contributed by atoms with Gasteiger partial charge < -0.3 is 4.74 Å². The average Bonchev–Trinajstić information content (AvgIpc) is 3.37. The molecule has 0 radical (unpaired) electrons. The SMILES string of the molecule is O=C(Oc1ccc(N2C(=O)C3C4CCC(C4)C3C2=O)cc1)c1ccc(Br)cc1. The summed E-state index contributed by atoms with van der Waals surface area (Å²) < 4.78 is 6.27. The van der Waals surface area contributed by atoms with Gasteiger partial charge in [0.25, 0.3) is 0 Å². The Morgan fingerprint density at radius 2 is 1.46 bits per heavy atom. The maximum Gasteiger partial charge on any atom is 0.343 e. The van der Waals surface area contributed by atoms with E-state index in [1.165, 1.54) is 4.90 Å². The lowest BCUT2D eigenvalue weighted by atomic mass is 9.81. The van der Waals surface area contributed by atoms with Crippen LogP contribution in [0.3, 0.4) is 0 Å². The quantitative estimate of drug-likeness (QED) is 0.408. The van der Waals surface area contributed by atoms with Gasteiger partial charge in [-0.05, 0) is 79.6 Å². The second-order valence-electron chi connectivity index (χ2n) is 7.79. The monoisotopic (exact) mass is 439 g/mol. The number of ether oxygens (including phenoxy) is 1. The molecular weight excluding hydrogens is 422 g/mol. The molecule has 1 heterocycles. The Labute approximate surface area is 170 Å². The lowest BCUT2D eigenvalue weighted by Gasteiger charge is -2.19. The van der Waals surface area contributed by atoms with Crippen molar-refractivity contribution < 1.29 is 19.1 Å². The van der Waals surface area contributed by atoms with Gasteiger partial charge in [-0.25, -0.2) is 4.79 Å². The summed E-state index contributed by atoms with van der Waals surface area (Å²) in [6, 6.07) is 13.5. The fraction of sp³-hybridized carbons (Fsp3) is 0.318. The third-order valence-corrected chi connectivity index (χ3v) is 6.84. The van der Waals surface area contributed by atoms with E-state index in [1.54, 1.807) is 48.5 Å². The molecule has 0 spiro atoms. The van der Waals surface area contributed by atoms with E-state index >= 15 is 0 Å². The minimum atomic E-state index is -0.459. The van der Waals surface area contributed by atoms with Gasteiger partial charge in [0.2, 0.25) is 11.8 Å². The highest BCUT2D eigenvalue weighted by molar-refractivity contribution is 9.10. The number of hydrogen-bond acceptors (Lipinski definition) is 4. The van der Waals surface area contributed by atoms with Crippen molar-refractivity contribution in [2.45, 2.75) is 19.3 Å². The first-order valence-electron chi connectivity index (χ1n) is 9.48. The van der Waals surface area contributed by atoms with E-state index in [0.717, 1.165) is 23.7 Å². The summed E-state index contributed by atoms with van der Waals surface area (Å²) in [5.74, 6) is 0.229. The molecule has 5 rings (SSSR count). The van der Waals surface area contributed by atoms with Gasteiger partial charge in [0, 0.05) is 4.47 Å². The molecule has 2 saturated carbocycles. The number of esters is 1. The molecule has 3 aliphatic rings. The Hall–Kier alpha value is -2.47. The van der Waals surface area contributed by atoms with Crippen LogP contribution in [0.2, 0.25) is 0 Å². The number of halogens is 1. The molecule has 28 heavy (non-hydrogen) atoms. The predicted molar refractivity (Wildman–Crippen MR) is 106 cm³/mol. The van der Waals surface area contributed by atoms with Crippen molar-refractivity contribution in [1.82, 2.24) is 0 Å². The first-order chi connectivity index (χ1) is 13.5. The van der Waals surface area contributed by atoms with E-state index in [1.807, 2.05) is 0 Å². The standard InChI is InChI=1S/C22H18BrNO4/c23-15-5-3-12(4-6-15)22(27)28-17-9-7-16(8-10-17)24-20(25)18-13-1-2-14(11-13)19(18)21(24)26/h3-10,13-14,18-19H,1-2,11H2. The molecule has 3 fully saturated rings. The zero-order valence-electron chi connectivity index (χ0n) is 15.0. The maximum atomic E-state index is 12.9. The number of amides is 2. The van der Waals surface area contributed by atoms with Gasteiger partial charge in [0.15, 0.2) is 0 Å². The summed E-state index contributed by atoms with van der Waals surface area (Å²) >= 11 is 3.33. The predicted octanol–water partition coefficient (Wildman–Crippen LogP) is 4.20. The van der Waals surface area contributed by atoms with Crippen molar-refractivity contribution in [1.29, 1.82) is 0 Å². The molecule has 2 aromatic carbocycles. The molecule has 2 bridgehead atoms. The summed E-state index contributed by atoms with van der Waals surface area (Å²) in [5, 5.41) is 0. The van der Waals surface area contributed by atoms with E-state index in [4.69, 9.17) is 4.74 Å². The van der Waals surface area contributed by atoms with Crippen LogP contribution in [0.5, 0.6) is 5.75 Å². The van der Waals surface area contributed by atoms with Crippen LogP contribution < -0.4 is 9.64 Å². The molecule has 1 saturated heterocycles. The number of carbonyl (C=O) groups is 3. The van der Waals surface area contributed by atoms with Crippen LogP contribution in [0.4, 0.5) is 5.69 Å². The molecule has 4 unspecified atom stereocenters. The van der Waals surface area contributed by atoms with E-state index in [0.29, 0.717) is 28.8 Å². The van der Waals surface area contributed by atoms with Crippen molar-refractivity contribution >= 4 is 39.4 Å². The van der Waals surface area contributed by atoms with Gasteiger partial charge in [0.1, 0.15) is 5.75 Å². The third-order valence-electron chi connectivity index (χ3n) is 6.31. The van der Waals surface area contributed by atoms with Gasteiger partial charge in [0.05, 0.1) is 23.1 Å². The largest absolute Gasteiger partial charge is 0.423 e. The second kappa shape index (κ2) is 6.55. The molecule has 2 aromatic rings. The number of hydrogen-bond donors (Lipinski definition) is 0. The first-order valence-corrected chi connectivity index (χ1v) is 10.3. The average molecular weight is 440 g/mol. The van der Waals surface area contributed by atoms with Crippen molar-refractivity contribution in [3.05, 3.63) is 58.6 Å². The van der Waals surface area contributed by atoms with Crippen LogP contribution in [0, 0.1) is 23.7 Å². The fourth-order valence-electron chi connectivity index (χ4n) is 5.08. The van der Waals surface area contributed by atoms with Gasteiger partial charge in [-0.2, -0.15) is 0 Å². The maximum absolute atomic E-state index is 12.9. The number of carbonyl (C=O) groups excluding carboxylic acids is 3. The summed E-state index contributed by atoms with van der Waals surface area (Å²) in [7, 11) is 0. The van der Waals surface area contributed by atoms with Crippen molar-refractivity contribution in [3.8, 4) is 5.75 Å². The summed E-state index contributed by atoms with van der Waals surface area (Å²) in [6.45, 7) is 0. The molecule has 5 nitrogen and oxygen atoms in total. The molecule has 2 aliphatic carbocycles. The fourth-order valence-corrected chi connectivity index (χ4v) is 5.34. The minimum Gasteiger partial charge on any atom is -0.423 e. The highest BCUT2D eigenvalue weighted by atomic mass is 79.9. The Morgan fingerprint density at radius 3 is 2.04 bits per heavy atom. The normalized spacial score (nSPS) is 28.0. The molecule has 1 aliphatic heterocycles. The summed E-state index contributed by atoms with van der Waals surface area (Å²) in [5.41, 5.74) is 0.993. The number of anilines is 1. The van der Waals surface area contributed by atoms with Crippen molar-refractivity contribution in [2.24, 2.45) is 23.7 Å². The molecule has 2 amide bonds. The van der Waals surface area contributed by atoms with Crippen LogP contribution >= 0.6 is 15.9 Å². The van der Waals surface area contributed by atoms with Crippen LogP contribution in [0.15, 0.2) is 53.0 Å². The van der Waals surface area contributed by atoms with Crippen LogP contribution in [0.1, 0.15) is 29.6 Å². The molecule has 0 N–H and O–H groups in total. The summed E-state index contributed by atoms with van der Waals surface area (Å²) in [6.07, 6.45) is 3.14. The lowest BCUT2D eigenvalue weighted by Crippen LogP contribution is -2.32. The van der Waals surface area contributed by atoms with E-state index in [2.05, 4.69) is 15.9 Å². The van der Waals surface area contributed by atoms with Gasteiger partial charge in [-0.3, -0.25) is 14.5 Å². The van der Waals surface area contributed by atoms with Crippen molar-refractivity contribution in [2.75, 3.05) is 4.90 Å². The minimum absolute atomic E-state index is 0.0678. The molecule has 4 atom stereocenters. The van der Waals surface area contributed by atoms with Crippen LogP contribution in [0.25, 0.3) is 0 Å². The smallest absolute Gasteiger partial charge is 0.343 e. The van der Waals surface area contributed by atoms with Gasteiger partial charge in [-0.15, -0.1) is 0 Å². The number of nitrogens with zero attached hydrogens (tertiary/aromatic N) is 1. The number of benzene rings is 2. The Kier molecular flexibility index (Phi) is 4.12. The van der Waals surface area contributed by atoms with Gasteiger partial charge >= 0.3 is 5.97 Å². The molecule has 0 aromatic heterocycles. The highest BCUT2D eigenvalue weighted by Crippen LogP contribution is 2.56. The van der Waals surface area contributed by atoms with E-state index < -0.39 is 5.97 Å². The van der Waals surface area contributed by atoms with Gasteiger partial charge in [-0.1, -0.05) is 15.9 Å². The Morgan fingerprint density at radius 1 is 0.893 bits per heavy atom. The van der Waals surface area contributed by atoms with E-state index in [9.17, 15) is 14.4 Å². The summed E-state index contributed by atoms with van der Waals surface area (Å²) in [4.78, 5) is 39.3. The Bertz CT molecular complexity index is 941. The first kappa shape index (κ1) is 17.6. The number of imide groups is 1. The number of rotatable bonds is 3. The molecule has 6 heteroatoms. The van der Waals surface area contributed by atoms with Crippen LogP contribution in [-0.2, 0) is 9.59 Å². The topological polar surface area (TPSA) is 63.7 Å². The third kappa shape index (κ3) is 2.70. The van der Waals surface area contributed by atoms with E-state index in [-0.39, 0.29) is 23.7 Å². The second-order valence-corrected chi connectivity index (χ2v) is 8.70.